The molecule has 0 aliphatic carbocycles. The first-order valence-electron chi connectivity index (χ1n) is 6.18. The van der Waals surface area contributed by atoms with Crippen molar-refractivity contribution in [2.75, 3.05) is 18.5 Å². The lowest BCUT2D eigenvalue weighted by Crippen LogP contribution is -2.30. The van der Waals surface area contributed by atoms with Gasteiger partial charge in [0.2, 0.25) is 0 Å². The van der Waals surface area contributed by atoms with E-state index in [4.69, 9.17) is 9.84 Å². The number of nitrogens with one attached hydrogen (secondary N) is 2. The molecule has 2 amide bonds. The molecule has 0 aliphatic rings. The maximum atomic E-state index is 13.5. The van der Waals surface area contributed by atoms with Gasteiger partial charge in [-0.2, -0.15) is 0 Å². The molecule has 6 heteroatoms. The fourth-order valence-corrected chi connectivity index (χ4v) is 1.42. The number of carbonyl (C=O) groups is 1. The van der Waals surface area contributed by atoms with Crippen molar-refractivity contribution in [2.24, 2.45) is 0 Å². The Labute approximate surface area is 111 Å². The SMILES string of the molecule is CCOc1ccc(NC(=O)NCCC(C)O)cc1F. The lowest BCUT2D eigenvalue weighted by atomic mass is 10.3. The van der Waals surface area contributed by atoms with Crippen LogP contribution < -0.4 is 15.4 Å². The lowest BCUT2D eigenvalue weighted by Gasteiger charge is -2.10. The minimum absolute atomic E-state index is 0.155. The monoisotopic (exact) mass is 270 g/mol. The first-order valence-corrected chi connectivity index (χ1v) is 6.18. The number of anilines is 1. The van der Waals surface area contributed by atoms with Crippen LogP contribution in [0.2, 0.25) is 0 Å². The van der Waals surface area contributed by atoms with Crippen LogP contribution in [0.15, 0.2) is 18.2 Å². The Morgan fingerprint density at radius 2 is 2.26 bits per heavy atom. The largest absolute Gasteiger partial charge is 0.491 e. The minimum atomic E-state index is -0.524. The summed E-state index contributed by atoms with van der Waals surface area (Å²) in [7, 11) is 0. The summed E-state index contributed by atoms with van der Waals surface area (Å²) in [6.45, 7) is 4.13. The van der Waals surface area contributed by atoms with E-state index in [-0.39, 0.29) is 5.75 Å². The van der Waals surface area contributed by atoms with Crippen LogP contribution in [0.3, 0.4) is 0 Å². The molecule has 0 saturated heterocycles. The predicted octanol–water partition coefficient (Wildman–Crippen LogP) is 2.12. The van der Waals surface area contributed by atoms with Crippen molar-refractivity contribution in [1.29, 1.82) is 0 Å². The molecule has 1 atom stereocenters. The van der Waals surface area contributed by atoms with Gasteiger partial charge in [-0.15, -0.1) is 0 Å². The Morgan fingerprint density at radius 1 is 1.53 bits per heavy atom. The first kappa shape index (κ1) is 15.2. The van der Waals surface area contributed by atoms with Crippen molar-refractivity contribution in [3.63, 3.8) is 0 Å². The molecule has 1 aromatic rings. The van der Waals surface area contributed by atoms with Crippen LogP contribution in [0.5, 0.6) is 5.75 Å². The van der Waals surface area contributed by atoms with Gasteiger partial charge in [-0.25, -0.2) is 9.18 Å². The average molecular weight is 270 g/mol. The fraction of sp³-hybridized carbons (Fsp3) is 0.462. The summed E-state index contributed by atoms with van der Waals surface area (Å²) in [4.78, 5) is 11.5. The zero-order valence-corrected chi connectivity index (χ0v) is 11.1. The van der Waals surface area contributed by atoms with E-state index in [9.17, 15) is 9.18 Å². The molecule has 0 bridgehead atoms. The van der Waals surface area contributed by atoms with E-state index in [0.29, 0.717) is 25.3 Å². The van der Waals surface area contributed by atoms with E-state index in [1.165, 1.54) is 12.1 Å². The molecule has 1 rings (SSSR count). The highest BCUT2D eigenvalue weighted by Gasteiger charge is 2.07. The predicted molar refractivity (Wildman–Crippen MR) is 70.9 cm³/mol. The third-order valence-electron chi connectivity index (χ3n) is 2.34. The topological polar surface area (TPSA) is 70.6 Å². The van der Waals surface area contributed by atoms with Gasteiger partial charge >= 0.3 is 6.03 Å². The molecule has 19 heavy (non-hydrogen) atoms. The molecule has 0 fully saturated rings. The smallest absolute Gasteiger partial charge is 0.319 e. The van der Waals surface area contributed by atoms with Gasteiger partial charge in [-0.05, 0) is 32.4 Å². The van der Waals surface area contributed by atoms with Crippen LogP contribution in [0.25, 0.3) is 0 Å². The number of benzene rings is 1. The van der Waals surface area contributed by atoms with Gasteiger partial charge in [0.05, 0.1) is 12.7 Å². The Hall–Kier alpha value is -1.82. The minimum Gasteiger partial charge on any atom is -0.491 e. The van der Waals surface area contributed by atoms with Crippen molar-refractivity contribution in [1.82, 2.24) is 5.32 Å². The van der Waals surface area contributed by atoms with Crippen LogP contribution >= 0.6 is 0 Å². The Bertz CT molecular complexity index is 424. The molecular formula is C13H19FN2O3. The van der Waals surface area contributed by atoms with Gasteiger partial charge in [0, 0.05) is 18.3 Å². The number of amides is 2. The third kappa shape index (κ3) is 5.56. The molecule has 0 aliphatic heterocycles. The second kappa shape index (κ2) is 7.58. The summed E-state index contributed by atoms with van der Waals surface area (Å²) in [5.74, 6) is -0.369. The maximum absolute atomic E-state index is 13.5. The summed E-state index contributed by atoms with van der Waals surface area (Å²) in [5, 5.41) is 14.1. The summed E-state index contributed by atoms with van der Waals surface area (Å²) in [6, 6.07) is 3.77. The molecule has 5 nitrogen and oxygen atoms in total. The Morgan fingerprint density at radius 3 is 2.84 bits per heavy atom. The van der Waals surface area contributed by atoms with Gasteiger partial charge in [-0.1, -0.05) is 0 Å². The van der Waals surface area contributed by atoms with Crippen LogP contribution in [-0.4, -0.2) is 30.4 Å². The molecule has 1 aromatic carbocycles. The highest BCUT2D eigenvalue weighted by Crippen LogP contribution is 2.20. The van der Waals surface area contributed by atoms with E-state index in [1.54, 1.807) is 19.9 Å². The van der Waals surface area contributed by atoms with Crippen LogP contribution in [0, 0.1) is 5.82 Å². The van der Waals surface area contributed by atoms with Crippen molar-refractivity contribution < 1.29 is 19.0 Å². The Kier molecular flexibility index (Phi) is 6.08. The van der Waals surface area contributed by atoms with Gasteiger partial charge in [-0.3, -0.25) is 0 Å². The van der Waals surface area contributed by atoms with Crippen molar-refractivity contribution in [3.05, 3.63) is 24.0 Å². The zero-order chi connectivity index (χ0) is 14.3. The molecular weight excluding hydrogens is 251 g/mol. The molecule has 0 aromatic heterocycles. The highest BCUT2D eigenvalue weighted by atomic mass is 19.1. The number of halogens is 1. The standard InChI is InChI=1S/C13H19FN2O3/c1-3-19-12-5-4-10(8-11(12)14)16-13(18)15-7-6-9(2)17/h4-5,8-9,17H,3,6-7H2,1-2H3,(H2,15,16,18). The van der Waals surface area contributed by atoms with Crippen LogP contribution in [0.4, 0.5) is 14.9 Å². The first-order chi connectivity index (χ1) is 9.02. The third-order valence-corrected chi connectivity index (χ3v) is 2.34. The molecule has 106 valence electrons. The molecule has 0 saturated carbocycles. The van der Waals surface area contributed by atoms with Crippen LogP contribution in [-0.2, 0) is 0 Å². The maximum Gasteiger partial charge on any atom is 0.319 e. The quantitative estimate of drug-likeness (QED) is 0.741. The number of ether oxygens (including phenoxy) is 1. The molecule has 0 radical (unpaired) electrons. The Balaban J connectivity index is 2.48. The highest BCUT2D eigenvalue weighted by molar-refractivity contribution is 5.89. The number of aliphatic hydroxyl groups is 1. The number of urea groups is 1. The zero-order valence-electron chi connectivity index (χ0n) is 11.1. The van der Waals surface area contributed by atoms with E-state index < -0.39 is 18.0 Å². The van der Waals surface area contributed by atoms with Gasteiger partial charge < -0.3 is 20.5 Å². The molecule has 1 unspecified atom stereocenters. The summed E-state index contributed by atoms with van der Waals surface area (Å²) in [5.41, 5.74) is 0.343. The second-order valence-electron chi connectivity index (χ2n) is 4.10. The summed E-state index contributed by atoms with van der Waals surface area (Å²) in [6.07, 6.45) is -0.00589. The average Bonchev–Trinajstić information content (AvgIpc) is 2.32. The molecule has 3 N–H and O–H groups in total. The number of carbonyl (C=O) groups excluding carboxylic acids is 1. The van der Waals surface area contributed by atoms with Crippen molar-refractivity contribution in [3.8, 4) is 5.75 Å². The van der Waals surface area contributed by atoms with Crippen LogP contribution in [0.1, 0.15) is 20.3 Å². The fourth-order valence-electron chi connectivity index (χ4n) is 1.42. The summed E-state index contributed by atoms with van der Waals surface area (Å²) < 4.78 is 18.6. The van der Waals surface area contributed by atoms with E-state index >= 15 is 0 Å². The van der Waals surface area contributed by atoms with Crippen molar-refractivity contribution in [2.45, 2.75) is 26.4 Å². The molecule has 0 heterocycles. The number of hydrogen-bond donors (Lipinski definition) is 3. The number of aliphatic hydroxyl groups excluding tert-OH is 1. The van der Waals surface area contributed by atoms with Crippen molar-refractivity contribution >= 4 is 11.7 Å². The number of hydrogen-bond acceptors (Lipinski definition) is 3. The van der Waals surface area contributed by atoms with E-state index in [2.05, 4.69) is 10.6 Å². The normalized spacial score (nSPS) is 11.8. The number of rotatable bonds is 6. The lowest BCUT2D eigenvalue weighted by molar-refractivity contribution is 0.184. The van der Waals surface area contributed by atoms with E-state index in [1.807, 2.05) is 0 Å². The van der Waals surface area contributed by atoms with E-state index in [0.717, 1.165) is 0 Å². The van der Waals surface area contributed by atoms with Gasteiger partial charge in [0.1, 0.15) is 0 Å². The molecule has 0 spiro atoms. The summed E-state index contributed by atoms with van der Waals surface area (Å²) >= 11 is 0. The van der Waals surface area contributed by atoms with Gasteiger partial charge in [0.25, 0.3) is 0 Å². The second-order valence-corrected chi connectivity index (χ2v) is 4.10. The van der Waals surface area contributed by atoms with Gasteiger partial charge in [0.15, 0.2) is 11.6 Å².